The van der Waals surface area contributed by atoms with Gasteiger partial charge in [0.25, 0.3) is 0 Å². The SMILES string of the molecule is O=C(NC[C@H](O)C(=O)O)Nc1cc(F)cc(F)c1. The summed E-state index contributed by atoms with van der Waals surface area (Å²) in [4.78, 5) is 21.4. The smallest absolute Gasteiger partial charge is 0.334 e. The Morgan fingerprint density at radius 2 is 1.78 bits per heavy atom. The van der Waals surface area contributed by atoms with E-state index in [0.717, 1.165) is 12.1 Å². The molecule has 0 aromatic heterocycles. The summed E-state index contributed by atoms with van der Waals surface area (Å²) in [7, 11) is 0. The number of halogens is 2. The summed E-state index contributed by atoms with van der Waals surface area (Å²) in [5.41, 5.74) is -0.130. The lowest BCUT2D eigenvalue weighted by Gasteiger charge is -2.09. The van der Waals surface area contributed by atoms with Crippen molar-refractivity contribution in [3.05, 3.63) is 29.8 Å². The second kappa shape index (κ2) is 5.92. The van der Waals surface area contributed by atoms with Crippen molar-refractivity contribution in [3.8, 4) is 0 Å². The van der Waals surface area contributed by atoms with Crippen molar-refractivity contribution in [3.63, 3.8) is 0 Å². The van der Waals surface area contributed by atoms with E-state index >= 15 is 0 Å². The fourth-order valence-corrected chi connectivity index (χ4v) is 1.08. The second-order valence-electron chi connectivity index (χ2n) is 3.35. The first kappa shape index (κ1) is 13.8. The second-order valence-corrected chi connectivity index (χ2v) is 3.35. The van der Waals surface area contributed by atoms with E-state index in [2.05, 4.69) is 5.32 Å². The average Bonchev–Trinajstić information content (AvgIpc) is 2.24. The molecule has 98 valence electrons. The van der Waals surface area contributed by atoms with Crippen molar-refractivity contribution in [1.29, 1.82) is 0 Å². The Kier molecular flexibility index (Phi) is 4.55. The van der Waals surface area contributed by atoms with Gasteiger partial charge in [-0.2, -0.15) is 0 Å². The number of hydrogen-bond donors (Lipinski definition) is 4. The number of aliphatic hydroxyl groups is 1. The zero-order valence-corrected chi connectivity index (χ0v) is 8.98. The molecule has 0 aliphatic carbocycles. The molecule has 1 aromatic rings. The summed E-state index contributed by atoms with van der Waals surface area (Å²) < 4.78 is 25.5. The number of hydrogen-bond acceptors (Lipinski definition) is 3. The van der Waals surface area contributed by atoms with Crippen molar-refractivity contribution in [2.24, 2.45) is 0 Å². The summed E-state index contributed by atoms with van der Waals surface area (Å²) in [5, 5.41) is 21.3. The molecular formula is C10H10F2N2O4. The van der Waals surface area contributed by atoms with E-state index in [-0.39, 0.29) is 5.69 Å². The highest BCUT2D eigenvalue weighted by molar-refractivity contribution is 5.89. The van der Waals surface area contributed by atoms with Gasteiger partial charge in [-0.1, -0.05) is 0 Å². The van der Waals surface area contributed by atoms with Gasteiger partial charge in [0.05, 0.1) is 6.54 Å². The lowest BCUT2D eigenvalue weighted by molar-refractivity contribution is -0.146. The van der Waals surface area contributed by atoms with E-state index < -0.39 is 36.3 Å². The third kappa shape index (κ3) is 4.34. The van der Waals surface area contributed by atoms with Crippen LogP contribution in [-0.2, 0) is 4.79 Å². The van der Waals surface area contributed by atoms with Crippen LogP contribution < -0.4 is 10.6 Å². The summed E-state index contributed by atoms with van der Waals surface area (Å²) >= 11 is 0. The molecule has 0 radical (unpaired) electrons. The zero-order valence-electron chi connectivity index (χ0n) is 8.98. The van der Waals surface area contributed by atoms with Crippen molar-refractivity contribution in [1.82, 2.24) is 5.32 Å². The van der Waals surface area contributed by atoms with E-state index in [1.54, 1.807) is 0 Å². The monoisotopic (exact) mass is 260 g/mol. The van der Waals surface area contributed by atoms with Crippen LogP contribution in [0.5, 0.6) is 0 Å². The summed E-state index contributed by atoms with van der Waals surface area (Å²) in [5.74, 6) is -3.22. The average molecular weight is 260 g/mol. The van der Waals surface area contributed by atoms with E-state index in [9.17, 15) is 18.4 Å². The third-order valence-corrected chi connectivity index (χ3v) is 1.86. The zero-order chi connectivity index (χ0) is 13.7. The molecule has 0 fully saturated rings. The maximum absolute atomic E-state index is 12.8. The number of nitrogens with one attached hydrogen (secondary N) is 2. The van der Waals surface area contributed by atoms with Gasteiger partial charge in [-0.15, -0.1) is 0 Å². The molecule has 0 unspecified atom stereocenters. The molecule has 4 N–H and O–H groups in total. The normalized spacial score (nSPS) is 11.7. The van der Waals surface area contributed by atoms with Crippen LogP contribution in [0.15, 0.2) is 18.2 Å². The molecule has 0 saturated heterocycles. The number of carbonyl (C=O) groups excluding carboxylic acids is 1. The quantitative estimate of drug-likeness (QED) is 0.634. The fourth-order valence-electron chi connectivity index (χ4n) is 1.08. The molecule has 0 spiro atoms. The number of benzene rings is 1. The number of urea groups is 1. The number of anilines is 1. The molecular weight excluding hydrogens is 250 g/mol. The van der Waals surface area contributed by atoms with Crippen LogP contribution in [0.4, 0.5) is 19.3 Å². The number of rotatable bonds is 4. The summed E-state index contributed by atoms with van der Waals surface area (Å²) in [6.45, 7) is -0.529. The molecule has 0 saturated carbocycles. The van der Waals surface area contributed by atoms with Gasteiger partial charge in [0.1, 0.15) is 11.6 Å². The number of aliphatic carboxylic acids is 1. The molecule has 1 rings (SSSR count). The third-order valence-electron chi connectivity index (χ3n) is 1.86. The van der Waals surface area contributed by atoms with Crippen molar-refractivity contribution >= 4 is 17.7 Å². The van der Waals surface area contributed by atoms with E-state index in [4.69, 9.17) is 10.2 Å². The van der Waals surface area contributed by atoms with Gasteiger partial charge in [-0.25, -0.2) is 18.4 Å². The fraction of sp³-hybridized carbons (Fsp3) is 0.200. The van der Waals surface area contributed by atoms with Gasteiger partial charge in [-0.05, 0) is 12.1 Å². The number of amides is 2. The molecule has 0 bridgehead atoms. The maximum atomic E-state index is 12.8. The number of carbonyl (C=O) groups is 2. The van der Waals surface area contributed by atoms with E-state index in [1.165, 1.54) is 0 Å². The minimum Gasteiger partial charge on any atom is -0.479 e. The maximum Gasteiger partial charge on any atom is 0.334 e. The molecule has 2 amide bonds. The van der Waals surface area contributed by atoms with Crippen LogP contribution in [0.2, 0.25) is 0 Å². The lowest BCUT2D eigenvalue weighted by Crippen LogP contribution is -2.38. The molecule has 0 heterocycles. The van der Waals surface area contributed by atoms with Crippen LogP contribution in [-0.4, -0.2) is 34.9 Å². The summed E-state index contributed by atoms with van der Waals surface area (Å²) in [6.07, 6.45) is -1.75. The Hall–Kier alpha value is -2.22. The first-order valence-electron chi connectivity index (χ1n) is 4.80. The highest BCUT2D eigenvalue weighted by Gasteiger charge is 2.14. The molecule has 1 atom stereocenters. The largest absolute Gasteiger partial charge is 0.479 e. The van der Waals surface area contributed by atoms with Gasteiger partial charge in [-0.3, -0.25) is 0 Å². The van der Waals surface area contributed by atoms with Gasteiger partial charge in [0.15, 0.2) is 6.10 Å². The molecule has 6 nitrogen and oxygen atoms in total. The van der Waals surface area contributed by atoms with Crippen LogP contribution >= 0.6 is 0 Å². The van der Waals surface area contributed by atoms with Crippen LogP contribution in [0, 0.1) is 11.6 Å². The Morgan fingerprint density at radius 1 is 1.22 bits per heavy atom. The molecule has 18 heavy (non-hydrogen) atoms. The first-order valence-corrected chi connectivity index (χ1v) is 4.80. The molecule has 8 heteroatoms. The van der Waals surface area contributed by atoms with Crippen molar-refractivity contribution < 1.29 is 28.6 Å². The van der Waals surface area contributed by atoms with Gasteiger partial charge in [0, 0.05) is 11.8 Å². The van der Waals surface area contributed by atoms with Gasteiger partial charge < -0.3 is 20.8 Å². The minimum atomic E-state index is -1.75. The predicted octanol–water partition coefficient (Wildman–Crippen LogP) is 0.532. The first-order chi connectivity index (χ1) is 8.38. The van der Waals surface area contributed by atoms with Crippen LogP contribution in [0.3, 0.4) is 0 Å². The van der Waals surface area contributed by atoms with E-state index in [1.807, 2.05) is 5.32 Å². The topological polar surface area (TPSA) is 98.7 Å². The van der Waals surface area contributed by atoms with Crippen LogP contribution in [0.1, 0.15) is 0 Å². The van der Waals surface area contributed by atoms with Crippen LogP contribution in [0.25, 0.3) is 0 Å². The summed E-state index contributed by atoms with van der Waals surface area (Å²) in [6, 6.07) is 1.52. The van der Waals surface area contributed by atoms with Crippen molar-refractivity contribution in [2.75, 3.05) is 11.9 Å². The molecule has 1 aromatic carbocycles. The van der Waals surface area contributed by atoms with Gasteiger partial charge in [0.2, 0.25) is 0 Å². The number of carboxylic acids is 1. The molecule has 0 aliphatic rings. The molecule has 0 aliphatic heterocycles. The lowest BCUT2D eigenvalue weighted by atomic mass is 10.3. The van der Waals surface area contributed by atoms with E-state index in [0.29, 0.717) is 6.07 Å². The Bertz CT molecular complexity index is 447. The van der Waals surface area contributed by atoms with Crippen molar-refractivity contribution in [2.45, 2.75) is 6.10 Å². The Morgan fingerprint density at radius 3 is 2.28 bits per heavy atom. The number of carboxylic acid groups (broad SMARTS) is 1. The standard InChI is InChI=1S/C10H10F2N2O4/c11-5-1-6(12)3-7(2-5)14-10(18)13-4-8(15)9(16)17/h1-3,8,15H,4H2,(H,16,17)(H2,13,14,18)/t8-/m0/s1. The Labute approximate surface area is 100 Å². The minimum absolute atomic E-state index is 0.130. The number of aliphatic hydroxyl groups excluding tert-OH is 1. The highest BCUT2D eigenvalue weighted by atomic mass is 19.1. The predicted molar refractivity (Wildman–Crippen MR) is 57.0 cm³/mol. The van der Waals surface area contributed by atoms with Gasteiger partial charge >= 0.3 is 12.0 Å². The Balaban J connectivity index is 2.52. The highest BCUT2D eigenvalue weighted by Crippen LogP contribution is 2.12.